The highest BCUT2D eigenvalue weighted by molar-refractivity contribution is 5.92. The maximum Gasteiger partial charge on any atom is 0.344 e. The van der Waals surface area contributed by atoms with E-state index < -0.39 is 82.2 Å². The molecule has 4 fully saturated rings. The summed E-state index contributed by atoms with van der Waals surface area (Å²) in [7, 11) is 0. The minimum Gasteiger partial charge on any atom is -0.455 e. The monoisotopic (exact) mass is 657 g/mol. The van der Waals surface area contributed by atoms with Gasteiger partial charge < -0.3 is 34.1 Å². The Hall–Kier alpha value is -2.05. The summed E-state index contributed by atoms with van der Waals surface area (Å²) >= 11 is 0. The van der Waals surface area contributed by atoms with Crippen LogP contribution >= 0.6 is 12.4 Å². The van der Waals surface area contributed by atoms with E-state index in [2.05, 4.69) is 11.5 Å². The van der Waals surface area contributed by atoms with Gasteiger partial charge in [0, 0.05) is 31.1 Å². The summed E-state index contributed by atoms with van der Waals surface area (Å²) in [6.45, 7) is 15.7. The fourth-order valence-corrected chi connectivity index (χ4v) is 8.77. The van der Waals surface area contributed by atoms with Crippen molar-refractivity contribution in [3.8, 4) is 0 Å². The van der Waals surface area contributed by atoms with Crippen molar-refractivity contribution in [1.29, 1.82) is 0 Å². The Morgan fingerprint density at radius 1 is 1.07 bits per heavy atom. The Labute approximate surface area is 272 Å². The molecule has 0 aromatic rings. The minimum absolute atomic E-state index is 0. The van der Waals surface area contributed by atoms with Crippen molar-refractivity contribution in [1.82, 2.24) is 4.90 Å². The number of hydrogen-bond acceptors (Lipinski definition) is 11. The summed E-state index contributed by atoms with van der Waals surface area (Å²) in [6, 6.07) is 0. The summed E-state index contributed by atoms with van der Waals surface area (Å²) in [6.07, 6.45) is 2.41. The molecule has 2 saturated heterocycles. The molecule has 256 valence electrons. The fraction of sp³-hybridized carbons (Fsp3) is 0.818. The highest BCUT2D eigenvalue weighted by Crippen LogP contribution is 2.67. The number of carbonyl (C=O) groups is 4. The SMILES string of the molecule is C=C[C@@]1(C)CC(=O)[C@]2(O)[C@@]3(C)[C@@H](O)CCC(C)(C)[C@@H]3[C@H](OC(=O)COC(=O)CCCN3CCCCC3)[C@H](OC(C)=O)[C@@]2(C)O1.Cl. The predicted molar refractivity (Wildman–Crippen MR) is 166 cm³/mol. The van der Waals surface area contributed by atoms with Gasteiger partial charge >= 0.3 is 17.9 Å². The van der Waals surface area contributed by atoms with Gasteiger partial charge in [-0.25, -0.2) is 4.79 Å². The summed E-state index contributed by atoms with van der Waals surface area (Å²) in [5.74, 6) is -3.58. The maximum absolute atomic E-state index is 14.1. The number of aliphatic hydroxyl groups is 2. The zero-order valence-corrected chi connectivity index (χ0v) is 28.4. The van der Waals surface area contributed by atoms with Gasteiger partial charge in [0.15, 0.2) is 24.1 Å². The number of ether oxygens (including phenoxy) is 4. The first-order valence-corrected chi connectivity index (χ1v) is 16.0. The molecule has 2 aliphatic heterocycles. The number of ketones is 1. The molecule has 11 nitrogen and oxygen atoms in total. The lowest BCUT2D eigenvalue weighted by molar-refractivity contribution is -0.371. The van der Waals surface area contributed by atoms with Crippen molar-refractivity contribution in [3.63, 3.8) is 0 Å². The van der Waals surface area contributed by atoms with Gasteiger partial charge in [-0.3, -0.25) is 14.4 Å². The third-order valence-electron chi connectivity index (χ3n) is 10.9. The van der Waals surface area contributed by atoms with E-state index in [4.69, 9.17) is 18.9 Å². The van der Waals surface area contributed by atoms with Crippen LogP contribution in [-0.4, -0.2) is 100 Å². The maximum atomic E-state index is 14.1. The second-order valence-corrected chi connectivity index (χ2v) is 14.5. The summed E-state index contributed by atoms with van der Waals surface area (Å²) in [5, 5.41) is 24.2. The molecule has 8 atom stereocenters. The molecule has 0 unspecified atom stereocenters. The Morgan fingerprint density at radius 2 is 1.71 bits per heavy atom. The molecule has 2 heterocycles. The Morgan fingerprint density at radius 3 is 2.31 bits per heavy atom. The Balaban J connectivity index is 0.00000552. The summed E-state index contributed by atoms with van der Waals surface area (Å²) < 4.78 is 23.6. The zero-order chi connectivity index (χ0) is 32.7. The van der Waals surface area contributed by atoms with E-state index >= 15 is 0 Å². The third-order valence-corrected chi connectivity index (χ3v) is 10.9. The van der Waals surface area contributed by atoms with E-state index in [1.54, 1.807) is 13.8 Å². The van der Waals surface area contributed by atoms with Crippen molar-refractivity contribution in [2.24, 2.45) is 16.7 Å². The lowest BCUT2D eigenvalue weighted by Crippen LogP contribution is -2.87. The van der Waals surface area contributed by atoms with Gasteiger partial charge in [0.2, 0.25) is 0 Å². The van der Waals surface area contributed by atoms with Gasteiger partial charge in [0.25, 0.3) is 0 Å². The van der Waals surface area contributed by atoms with Gasteiger partial charge in [-0.1, -0.05) is 33.3 Å². The third kappa shape index (κ3) is 6.57. The van der Waals surface area contributed by atoms with E-state index in [1.165, 1.54) is 26.3 Å². The number of hydrogen-bond donors (Lipinski definition) is 2. The van der Waals surface area contributed by atoms with Crippen LogP contribution in [0, 0.1) is 16.7 Å². The number of likely N-dealkylation sites (tertiary alicyclic amines) is 1. The highest BCUT2D eigenvalue weighted by atomic mass is 35.5. The molecule has 2 N–H and O–H groups in total. The predicted octanol–water partition coefficient (Wildman–Crippen LogP) is 3.30. The van der Waals surface area contributed by atoms with E-state index in [0.717, 1.165) is 32.5 Å². The molecule has 45 heavy (non-hydrogen) atoms. The molecule has 0 spiro atoms. The number of esters is 3. The van der Waals surface area contributed by atoms with Crippen molar-refractivity contribution >= 4 is 36.1 Å². The molecule has 0 amide bonds. The van der Waals surface area contributed by atoms with Gasteiger partial charge in [-0.2, -0.15) is 0 Å². The van der Waals surface area contributed by atoms with E-state index in [-0.39, 0.29) is 31.7 Å². The second-order valence-electron chi connectivity index (χ2n) is 14.5. The standard InChI is InChI=1S/C33H51NO10.ClH/c1-8-30(5)19-23(37)33(40)31(6)22(36)14-15-29(3,4)27(31)26(28(42-21(2)35)32(33,7)44-30)43-25(39)20-41-24(38)13-12-18-34-16-10-9-11-17-34;/h8,22,26-28,36,40H,1,9-20H2,2-7H3;1H/t22-,26-,27-,28-,30-,31-,32+,33-;/m0./s1. The number of fused-ring (bicyclic) bond motifs is 3. The molecular formula is C33H52ClNO10. The lowest BCUT2D eigenvalue weighted by atomic mass is 9.39. The molecule has 0 aromatic carbocycles. The smallest absolute Gasteiger partial charge is 0.344 e. The number of rotatable bonds is 9. The van der Waals surface area contributed by atoms with Gasteiger partial charge in [-0.05, 0) is 71.0 Å². The van der Waals surface area contributed by atoms with Gasteiger partial charge in [-0.15, -0.1) is 19.0 Å². The average Bonchev–Trinajstić information content (AvgIpc) is 2.95. The number of Topliss-reactive ketones (excluding diaryl/α,β-unsaturated/α-hetero) is 1. The van der Waals surface area contributed by atoms with Crippen LogP contribution < -0.4 is 0 Å². The molecule has 0 bridgehead atoms. The summed E-state index contributed by atoms with van der Waals surface area (Å²) in [4.78, 5) is 54.8. The topological polar surface area (TPSA) is 149 Å². The van der Waals surface area contributed by atoms with Crippen LogP contribution in [0.25, 0.3) is 0 Å². The first kappa shape index (κ1) is 37.4. The van der Waals surface area contributed by atoms with Crippen LogP contribution in [0.4, 0.5) is 0 Å². The second kappa shape index (κ2) is 13.6. The minimum atomic E-state index is -2.33. The van der Waals surface area contributed by atoms with E-state index in [9.17, 15) is 29.4 Å². The normalized spacial score (nSPS) is 39.3. The van der Waals surface area contributed by atoms with Gasteiger partial charge in [0.1, 0.15) is 11.7 Å². The largest absolute Gasteiger partial charge is 0.455 e. The average molecular weight is 658 g/mol. The van der Waals surface area contributed by atoms with Crippen molar-refractivity contribution in [2.45, 2.75) is 128 Å². The van der Waals surface area contributed by atoms with E-state index in [1.807, 2.05) is 13.8 Å². The quantitative estimate of drug-likeness (QED) is 0.214. The highest BCUT2D eigenvalue weighted by Gasteiger charge is 2.82. The van der Waals surface area contributed by atoms with Gasteiger partial charge in [0.05, 0.1) is 11.7 Å². The number of nitrogens with zero attached hydrogens (tertiary/aromatic N) is 1. The number of aliphatic hydroxyl groups excluding tert-OH is 1. The van der Waals surface area contributed by atoms with Crippen LogP contribution in [-0.2, 0) is 38.1 Å². The first-order chi connectivity index (χ1) is 20.4. The number of halogens is 1. The number of piperidine rings is 1. The van der Waals surface area contributed by atoms with Crippen molar-refractivity contribution < 1.29 is 48.3 Å². The number of carbonyl (C=O) groups excluding carboxylic acids is 4. The molecule has 0 radical (unpaired) electrons. The Bertz CT molecular complexity index is 1160. The van der Waals surface area contributed by atoms with E-state index in [0.29, 0.717) is 12.8 Å². The van der Waals surface area contributed by atoms with Crippen LogP contribution in [0.3, 0.4) is 0 Å². The molecule has 4 rings (SSSR count). The molecule has 2 aliphatic carbocycles. The van der Waals surface area contributed by atoms with Crippen molar-refractivity contribution in [3.05, 3.63) is 12.7 Å². The first-order valence-electron chi connectivity index (χ1n) is 16.0. The van der Waals surface area contributed by atoms with Crippen LogP contribution in [0.2, 0.25) is 0 Å². The molecule has 2 saturated carbocycles. The fourth-order valence-electron chi connectivity index (χ4n) is 8.77. The molecule has 4 aliphatic rings. The van der Waals surface area contributed by atoms with Crippen LogP contribution in [0.15, 0.2) is 12.7 Å². The molecule has 0 aromatic heterocycles. The van der Waals surface area contributed by atoms with Crippen molar-refractivity contribution in [2.75, 3.05) is 26.2 Å². The molecular weight excluding hydrogens is 606 g/mol. The Kier molecular flexibility index (Phi) is 11.3. The molecule has 12 heteroatoms. The van der Waals surface area contributed by atoms with Crippen LogP contribution in [0.5, 0.6) is 0 Å². The lowest BCUT2D eigenvalue weighted by Gasteiger charge is -2.71. The zero-order valence-electron chi connectivity index (χ0n) is 27.6. The summed E-state index contributed by atoms with van der Waals surface area (Å²) in [5.41, 5.74) is -7.79. The van der Waals surface area contributed by atoms with Crippen LogP contribution in [0.1, 0.15) is 92.9 Å².